The molecule has 0 aromatic heterocycles. The molecule has 0 atom stereocenters. The minimum absolute atomic E-state index is 0.00470. The fourth-order valence-corrected chi connectivity index (χ4v) is 1.39. The first-order valence-corrected chi connectivity index (χ1v) is 7.05. The second-order valence-electron chi connectivity index (χ2n) is 7.34. The maximum Gasteiger partial charge on any atom is 0.268 e. The zero-order valence-corrected chi connectivity index (χ0v) is 13.5. The fraction of sp³-hybridized carbons (Fsp3) is 0.875. The summed E-state index contributed by atoms with van der Waals surface area (Å²) >= 11 is 0. The zero-order chi connectivity index (χ0) is 15.3. The van der Waals surface area contributed by atoms with Gasteiger partial charge in [-0.15, -0.1) is 0 Å². The van der Waals surface area contributed by atoms with Crippen LogP contribution in [0.2, 0.25) is 0 Å². The van der Waals surface area contributed by atoms with Gasteiger partial charge in [-0.3, -0.25) is 0 Å². The summed E-state index contributed by atoms with van der Waals surface area (Å²) in [4.78, 5) is 0. The number of alkyl halides is 2. The van der Waals surface area contributed by atoms with Crippen LogP contribution in [-0.2, 0) is 4.74 Å². The summed E-state index contributed by atoms with van der Waals surface area (Å²) in [5, 5.41) is 0. The number of hydrogen-bond donors (Lipinski definition) is 0. The molecule has 0 aliphatic heterocycles. The van der Waals surface area contributed by atoms with Crippen LogP contribution < -0.4 is 0 Å². The maximum atomic E-state index is 13.4. The monoisotopic (exact) mass is 276 g/mol. The third kappa shape index (κ3) is 9.15. The molecule has 0 radical (unpaired) electrons. The van der Waals surface area contributed by atoms with E-state index in [0.29, 0.717) is 13.0 Å². The minimum Gasteiger partial charge on any atom is -0.375 e. The Morgan fingerprint density at radius 1 is 1.05 bits per heavy atom. The summed E-state index contributed by atoms with van der Waals surface area (Å²) < 4.78 is 32.5. The van der Waals surface area contributed by atoms with Crippen LogP contribution >= 0.6 is 0 Å². The van der Waals surface area contributed by atoms with Crippen molar-refractivity contribution in [3.05, 3.63) is 12.2 Å². The molecule has 0 saturated carbocycles. The van der Waals surface area contributed by atoms with Gasteiger partial charge in [-0.1, -0.05) is 33.8 Å². The lowest BCUT2D eigenvalue weighted by Gasteiger charge is -2.29. The van der Waals surface area contributed by atoms with Gasteiger partial charge in [-0.25, -0.2) is 8.78 Å². The molecule has 0 aliphatic carbocycles. The summed E-state index contributed by atoms with van der Waals surface area (Å²) in [5.41, 5.74) is -0.150. The highest BCUT2D eigenvalue weighted by atomic mass is 19.3. The molecule has 0 saturated heterocycles. The van der Waals surface area contributed by atoms with Crippen molar-refractivity contribution in [1.82, 2.24) is 0 Å². The van der Waals surface area contributed by atoms with Crippen molar-refractivity contribution in [3.63, 3.8) is 0 Å². The van der Waals surface area contributed by atoms with E-state index in [1.807, 2.05) is 20.8 Å². The largest absolute Gasteiger partial charge is 0.375 e. The Labute approximate surface area is 117 Å². The van der Waals surface area contributed by atoms with E-state index in [9.17, 15) is 8.78 Å². The van der Waals surface area contributed by atoms with E-state index in [0.717, 1.165) is 12.5 Å². The van der Waals surface area contributed by atoms with E-state index in [1.54, 1.807) is 6.08 Å². The molecule has 114 valence electrons. The maximum absolute atomic E-state index is 13.4. The quantitative estimate of drug-likeness (QED) is 0.561. The van der Waals surface area contributed by atoms with Gasteiger partial charge in [0.15, 0.2) is 0 Å². The van der Waals surface area contributed by atoms with Crippen LogP contribution in [-0.4, -0.2) is 18.1 Å². The highest BCUT2D eigenvalue weighted by Gasteiger charge is 2.29. The molecule has 0 aromatic rings. The second-order valence-corrected chi connectivity index (χ2v) is 7.34. The van der Waals surface area contributed by atoms with Crippen molar-refractivity contribution in [2.45, 2.75) is 72.8 Å². The van der Waals surface area contributed by atoms with Gasteiger partial charge in [0, 0.05) is 5.92 Å². The third-order valence-electron chi connectivity index (χ3n) is 2.99. The fourth-order valence-electron chi connectivity index (χ4n) is 1.39. The van der Waals surface area contributed by atoms with E-state index in [-0.39, 0.29) is 11.0 Å². The van der Waals surface area contributed by atoms with E-state index in [2.05, 4.69) is 13.8 Å². The Bertz CT molecular complexity index is 286. The Morgan fingerprint density at radius 3 is 2.00 bits per heavy atom. The van der Waals surface area contributed by atoms with Gasteiger partial charge in [0.1, 0.15) is 0 Å². The number of ether oxygens (including phenoxy) is 1. The number of halogens is 2. The second kappa shape index (κ2) is 6.83. The molecule has 0 fully saturated rings. The zero-order valence-electron chi connectivity index (χ0n) is 13.5. The molecular formula is C16H30F2O. The first-order chi connectivity index (χ1) is 8.36. The van der Waals surface area contributed by atoms with Crippen LogP contribution in [0.4, 0.5) is 8.78 Å². The Morgan fingerprint density at radius 2 is 1.58 bits per heavy atom. The normalized spacial score (nSPS) is 14.6. The average Bonchev–Trinajstić information content (AvgIpc) is 2.21. The highest BCUT2D eigenvalue weighted by molar-refractivity contribution is 4.96. The standard InChI is InChI=1S/C16H30F2O/c1-13(2)16(17,18)11-9-8-10-15(6,7)12-19-14(3,4)5/h9,11,13H,8,10,12H2,1-7H3/b11-9+. The van der Waals surface area contributed by atoms with Crippen LogP contribution in [0, 0.1) is 11.3 Å². The van der Waals surface area contributed by atoms with E-state index < -0.39 is 11.8 Å². The van der Waals surface area contributed by atoms with E-state index >= 15 is 0 Å². The van der Waals surface area contributed by atoms with Gasteiger partial charge in [-0.05, 0) is 45.1 Å². The summed E-state index contributed by atoms with van der Waals surface area (Å²) in [6.07, 6.45) is 4.13. The number of allylic oxidation sites excluding steroid dienone is 2. The molecular weight excluding hydrogens is 246 g/mol. The molecule has 0 aromatic carbocycles. The summed E-state index contributed by atoms with van der Waals surface area (Å²) in [5.74, 6) is -3.35. The third-order valence-corrected chi connectivity index (χ3v) is 2.99. The van der Waals surface area contributed by atoms with Gasteiger partial charge in [-0.2, -0.15) is 0 Å². The van der Waals surface area contributed by atoms with Crippen LogP contribution in [0.3, 0.4) is 0 Å². The summed E-state index contributed by atoms with van der Waals surface area (Å²) in [7, 11) is 0. The average molecular weight is 276 g/mol. The molecule has 0 aliphatic rings. The van der Waals surface area contributed by atoms with Crippen LogP contribution in [0.1, 0.15) is 61.3 Å². The number of rotatable bonds is 7. The topological polar surface area (TPSA) is 9.23 Å². The van der Waals surface area contributed by atoms with Gasteiger partial charge < -0.3 is 4.74 Å². The van der Waals surface area contributed by atoms with E-state index in [1.165, 1.54) is 13.8 Å². The molecule has 1 nitrogen and oxygen atoms in total. The first kappa shape index (κ1) is 18.6. The lowest BCUT2D eigenvalue weighted by molar-refractivity contribution is -0.0446. The predicted octanol–water partition coefficient (Wildman–Crippen LogP) is 5.46. The molecule has 0 N–H and O–H groups in total. The smallest absolute Gasteiger partial charge is 0.268 e. The molecule has 0 amide bonds. The molecule has 0 spiro atoms. The van der Waals surface area contributed by atoms with Gasteiger partial charge in [0.2, 0.25) is 0 Å². The van der Waals surface area contributed by atoms with Crippen molar-refractivity contribution in [2.24, 2.45) is 11.3 Å². The van der Waals surface area contributed by atoms with Crippen molar-refractivity contribution in [3.8, 4) is 0 Å². The van der Waals surface area contributed by atoms with E-state index in [4.69, 9.17) is 4.74 Å². The van der Waals surface area contributed by atoms with Gasteiger partial charge >= 0.3 is 0 Å². The molecule has 19 heavy (non-hydrogen) atoms. The summed E-state index contributed by atoms with van der Waals surface area (Å²) in [6.45, 7) is 14.0. The summed E-state index contributed by atoms with van der Waals surface area (Å²) in [6, 6.07) is 0. The number of hydrogen-bond acceptors (Lipinski definition) is 1. The van der Waals surface area contributed by atoms with Crippen LogP contribution in [0.15, 0.2) is 12.2 Å². The van der Waals surface area contributed by atoms with Crippen molar-refractivity contribution >= 4 is 0 Å². The molecule has 0 unspecified atom stereocenters. The predicted molar refractivity (Wildman–Crippen MR) is 77.6 cm³/mol. The lowest BCUT2D eigenvalue weighted by atomic mass is 9.88. The van der Waals surface area contributed by atoms with Crippen molar-refractivity contribution in [2.75, 3.05) is 6.61 Å². The van der Waals surface area contributed by atoms with Crippen LogP contribution in [0.5, 0.6) is 0 Å². The highest BCUT2D eigenvalue weighted by Crippen LogP contribution is 2.28. The molecule has 0 bridgehead atoms. The van der Waals surface area contributed by atoms with Gasteiger partial charge in [0.05, 0.1) is 12.2 Å². The Kier molecular flexibility index (Phi) is 6.67. The Hall–Kier alpha value is -0.440. The van der Waals surface area contributed by atoms with Crippen LogP contribution in [0.25, 0.3) is 0 Å². The SMILES string of the molecule is CC(C)C(F)(F)/C=C/CCC(C)(C)COC(C)(C)C. The molecule has 0 heterocycles. The lowest BCUT2D eigenvalue weighted by Crippen LogP contribution is -2.28. The first-order valence-electron chi connectivity index (χ1n) is 7.05. The van der Waals surface area contributed by atoms with Crippen molar-refractivity contribution < 1.29 is 13.5 Å². The molecule has 3 heteroatoms. The van der Waals surface area contributed by atoms with Gasteiger partial charge in [0.25, 0.3) is 5.92 Å². The molecule has 0 rings (SSSR count). The minimum atomic E-state index is -2.70. The Balaban J connectivity index is 4.15. The van der Waals surface area contributed by atoms with Crippen molar-refractivity contribution in [1.29, 1.82) is 0 Å².